The molecule has 0 aliphatic heterocycles. The Labute approximate surface area is 124 Å². The van der Waals surface area contributed by atoms with E-state index in [1.807, 2.05) is 0 Å². The van der Waals surface area contributed by atoms with Gasteiger partial charge >= 0.3 is 12.1 Å². The van der Waals surface area contributed by atoms with Crippen molar-refractivity contribution in [1.29, 1.82) is 0 Å². The van der Waals surface area contributed by atoms with E-state index in [1.54, 1.807) is 20.8 Å². The van der Waals surface area contributed by atoms with Gasteiger partial charge in [0.15, 0.2) is 5.82 Å². The van der Waals surface area contributed by atoms with Crippen LogP contribution in [0.1, 0.15) is 31.1 Å². The first kappa shape index (κ1) is 16.4. The first-order valence-corrected chi connectivity index (χ1v) is 6.50. The topological polar surface area (TPSA) is 64.6 Å². The van der Waals surface area contributed by atoms with Gasteiger partial charge in [-0.1, -0.05) is 15.9 Å². The van der Waals surface area contributed by atoms with Crippen molar-refractivity contribution in [2.24, 2.45) is 0 Å². The number of esters is 1. The van der Waals surface area contributed by atoms with Gasteiger partial charge in [-0.05, 0) is 32.9 Å². The van der Waals surface area contributed by atoms with Gasteiger partial charge in [-0.15, -0.1) is 0 Å². The van der Waals surface area contributed by atoms with E-state index in [2.05, 4.69) is 26.0 Å². The number of nitrogens with one attached hydrogen (secondary N) is 1. The number of carbonyl (C=O) groups is 2. The molecule has 1 aromatic rings. The average molecular weight is 348 g/mol. The van der Waals surface area contributed by atoms with E-state index in [0.29, 0.717) is 4.47 Å². The Kier molecular flexibility index (Phi) is 5.10. The molecule has 1 amide bonds. The fourth-order valence-electron chi connectivity index (χ4n) is 1.35. The third-order valence-corrected chi connectivity index (χ3v) is 2.54. The quantitative estimate of drug-likeness (QED) is 0.828. The number of hydrogen-bond donors (Lipinski definition) is 1. The number of benzene rings is 1. The summed E-state index contributed by atoms with van der Waals surface area (Å²) in [5.41, 5.74) is -1.17. The third-order valence-electron chi connectivity index (χ3n) is 2.08. The summed E-state index contributed by atoms with van der Waals surface area (Å²) >= 11 is 3.13. The van der Waals surface area contributed by atoms with Crippen LogP contribution >= 0.6 is 15.9 Å². The Morgan fingerprint density at radius 3 is 2.40 bits per heavy atom. The lowest BCUT2D eigenvalue weighted by molar-refractivity contribution is 0.0590. The van der Waals surface area contributed by atoms with E-state index in [-0.39, 0.29) is 11.3 Å². The summed E-state index contributed by atoms with van der Waals surface area (Å²) in [4.78, 5) is 23.0. The minimum Gasteiger partial charge on any atom is -0.465 e. The van der Waals surface area contributed by atoms with Crippen LogP contribution in [-0.2, 0) is 9.47 Å². The van der Waals surface area contributed by atoms with Crippen molar-refractivity contribution in [3.8, 4) is 0 Å². The van der Waals surface area contributed by atoms with Crippen molar-refractivity contribution in [2.45, 2.75) is 26.4 Å². The van der Waals surface area contributed by atoms with Crippen LogP contribution in [0.15, 0.2) is 16.6 Å². The van der Waals surface area contributed by atoms with E-state index in [9.17, 15) is 14.0 Å². The zero-order valence-electron chi connectivity index (χ0n) is 11.5. The third kappa shape index (κ3) is 4.48. The van der Waals surface area contributed by atoms with Crippen molar-refractivity contribution in [3.63, 3.8) is 0 Å². The van der Waals surface area contributed by atoms with Gasteiger partial charge in [0, 0.05) is 4.47 Å². The number of carbonyl (C=O) groups excluding carboxylic acids is 2. The summed E-state index contributed by atoms with van der Waals surface area (Å²) < 4.78 is 24.0. The van der Waals surface area contributed by atoms with Gasteiger partial charge in [0.25, 0.3) is 0 Å². The molecule has 1 rings (SSSR count). The van der Waals surface area contributed by atoms with Gasteiger partial charge in [-0.3, -0.25) is 5.32 Å². The number of hydrogen-bond acceptors (Lipinski definition) is 4. The summed E-state index contributed by atoms with van der Waals surface area (Å²) in [6.07, 6.45) is -0.815. The minimum absolute atomic E-state index is 0.172. The number of rotatable bonds is 2. The van der Waals surface area contributed by atoms with Crippen LogP contribution in [0.4, 0.5) is 14.9 Å². The number of amides is 1. The zero-order valence-corrected chi connectivity index (χ0v) is 13.1. The molecule has 5 nitrogen and oxygen atoms in total. The Morgan fingerprint density at radius 2 is 1.90 bits per heavy atom. The molecule has 0 aromatic heterocycles. The fraction of sp³-hybridized carbons (Fsp3) is 0.385. The molecule has 110 valence electrons. The Morgan fingerprint density at radius 1 is 1.30 bits per heavy atom. The van der Waals surface area contributed by atoms with Gasteiger partial charge < -0.3 is 9.47 Å². The largest absolute Gasteiger partial charge is 0.465 e. The molecular weight excluding hydrogens is 333 g/mol. The molecule has 0 aliphatic carbocycles. The first-order chi connectivity index (χ1) is 9.14. The number of ether oxygens (including phenoxy) is 2. The van der Waals surface area contributed by atoms with E-state index in [0.717, 1.165) is 7.11 Å². The first-order valence-electron chi connectivity index (χ1n) is 5.71. The zero-order chi connectivity index (χ0) is 15.5. The fourth-order valence-corrected chi connectivity index (χ4v) is 1.81. The molecule has 0 aliphatic rings. The smallest absolute Gasteiger partial charge is 0.412 e. The van der Waals surface area contributed by atoms with Gasteiger partial charge in [0.1, 0.15) is 5.60 Å². The van der Waals surface area contributed by atoms with Crippen molar-refractivity contribution < 1.29 is 23.5 Å². The van der Waals surface area contributed by atoms with Gasteiger partial charge in [0.2, 0.25) is 0 Å². The molecule has 7 heteroatoms. The minimum atomic E-state index is -0.883. The van der Waals surface area contributed by atoms with Crippen molar-refractivity contribution >= 4 is 33.7 Å². The van der Waals surface area contributed by atoms with E-state index in [1.165, 1.54) is 12.1 Å². The second-order valence-electron chi connectivity index (χ2n) is 4.93. The average Bonchev–Trinajstić information content (AvgIpc) is 2.29. The van der Waals surface area contributed by atoms with E-state index < -0.39 is 23.5 Å². The highest BCUT2D eigenvalue weighted by Gasteiger charge is 2.21. The van der Waals surface area contributed by atoms with Gasteiger partial charge in [0.05, 0.1) is 18.4 Å². The summed E-state index contributed by atoms with van der Waals surface area (Å²) in [5, 5.41) is 2.25. The lowest BCUT2D eigenvalue weighted by atomic mass is 10.2. The maximum atomic E-state index is 14.1. The summed E-state index contributed by atoms with van der Waals surface area (Å²) in [5.74, 6) is -1.72. The molecule has 0 atom stereocenters. The molecular formula is C13H15BrFNO4. The summed E-state index contributed by atoms with van der Waals surface area (Å²) in [6.45, 7) is 5.05. The Bertz CT molecular complexity index is 540. The normalized spacial score (nSPS) is 10.9. The second-order valence-corrected chi connectivity index (χ2v) is 5.85. The summed E-state index contributed by atoms with van der Waals surface area (Å²) in [7, 11) is 1.14. The monoisotopic (exact) mass is 347 g/mol. The van der Waals surface area contributed by atoms with Crippen LogP contribution in [0, 0.1) is 5.82 Å². The van der Waals surface area contributed by atoms with E-state index >= 15 is 0 Å². The number of halogens is 2. The Hall–Kier alpha value is -1.63. The van der Waals surface area contributed by atoms with Crippen LogP contribution in [0.5, 0.6) is 0 Å². The number of anilines is 1. The molecule has 0 bridgehead atoms. The maximum absolute atomic E-state index is 14.1. The van der Waals surface area contributed by atoms with Gasteiger partial charge in [-0.25, -0.2) is 14.0 Å². The van der Waals surface area contributed by atoms with Crippen LogP contribution in [0.2, 0.25) is 0 Å². The van der Waals surface area contributed by atoms with Crippen LogP contribution in [0.25, 0.3) is 0 Å². The SMILES string of the molecule is COC(=O)c1cc(Br)cc(NC(=O)OC(C)(C)C)c1F. The van der Waals surface area contributed by atoms with Crippen molar-refractivity contribution in [3.05, 3.63) is 28.0 Å². The molecule has 1 N–H and O–H groups in total. The number of methoxy groups -OCH3 is 1. The molecule has 1 aromatic carbocycles. The van der Waals surface area contributed by atoms with Crippen LogP contribution in [0.3, 0.4) is 0 Å². The lowest BCUT2D eigenvalue weighted by Crippen LogP contribution is -2.27. The van der Waals surface area contributed by atoms with Crippen molar-refractivity contribution in [2.75, 3.05) is 12.4 Å². The molecule has 20 heavy (non-hydrogen) atoms. The second kappa shape index (κ2) is 6.21. The molecule has 0 radical (unpaired) electrons. The molecule has 0 saturated heterocycles. The van der Waals surface area contributed by atoms with E-state index in [4.69, 9.17) is 4.74 Å². The highest BCUT2D eigenvalue weighted by Crippen LogP contribution is 2.25. The predicted octanol–water partition coefficient (Wildman–Crippen LogP) is 3.72. The van der Waals surface area contributed by atoms with Crippen molar-refractivity contribution in [1.82, 2.24) is 0 Å². The molecule has 0 spiro atoms. The summed E-state index contributed by atoms with van der Waals surface area (Å²) in [6, 6.07) is 2.59. The maximum Gasteiger partial charge on any atom is 0.412 e. The molecule has 0 unspecified atom stereocenters. The molecule has 0 heterocycles. The predicted molar refractivity (Wildman–Crippen MR) is 75.3 cm³/mol. The van der Waals surface area contributed by atoms with Crippen LogP contribution in [-0.4, -0.2) is 24.8 Å². The Balaban J connectivity index is 3.04. The highest BCUT2D eigenvalue weighted by atomic mass is 79.9. The van der Waals surface area contributed by atoms with Gasteiger partial charge in [-0.2, -0.15) is 0 Å². The van der Waals surface area contributed by atoms with Crippen LogP contribution < -0.4 is 5.32 Å². The molecule has 0 saturated carbocycles. The molecule has 0 fully saturated rings. The highest BCUT2D eigenvalue weighted by molar-refractivity contribution is 9.10. The standard InChI is InChI=1S/C13H15BrFNO4/c1-13(2,3)20-12(18)16-9-6-7(14)5-8(10(9)15)11(17)19-4/h5-6H,1-4H3,(H,16,18). The lowest BCUT2D eigenvalue weighted by Gasteiger charge is -2.20.